The Morgan fingerprint density at radius 1 is 1.37 bits per heavy atom. The number of amides is 1. The van der Waals surface area contributed by atoms with E-state index in [1.165, 1.54) is 11.1 Å². The summed E-state index contributed by atoms with van der Waals surface area (Å²) in [6, 6.07) is 8.79. The predicted octanol–water partition coefficient (Wildman–Crippen LogP) is 2.43. The van der Waals surface area contributed by atoms with E-state index in [0.717, 1.165) is 19.4 Å². The van der Waals surface area contributed by atoms with Crippen LogP contribution in [0.4, 0.5) is 0 Å². The Labute approximate surface area is 115 Å². The zero-order chi connectivity index (χ0) is 13.9. The van der Waals surface area contributed by atoms with E-state index in [4.69, 9.17) is 0 Å². The Kier molecular flexibility index (Phi) is 4.25. The fourth-order valence-corrected chi connectivity index (χ4v) is 2.90. The molecule has 0 aliphatic heterocycles. The summed E-state index contributed by atoms with van der Waals surface area (Å²) in [6.45, 7) is 7.72. The third kappa shape index (κ3) is 3.16. The Morgan fingerprint density at radius 3 is 2.84 bits per heavy atom. The summed E-state index contributed by atoms with van der Waals surface area (Å²) in [5.41, 5.74) is 2.91. The lowest BCUT2D eigenvalue weighted by Gasteiger charge is -2.28. The van der Waals surface area contributed by atoms with E-state index in [0.29, 0.717) is 6.54 Å². The molecule has 1 amide bonds. The number of fused-ring (bicyclic) bond motifs is 1. The van der Waals surface area contributed by atoms with Crippen molar-refractivity contribution >= 4 is 5.91 Å². The Bertz CT molecular complexity index is 454. The van der Waals surface area contributed by atoms with Crippen LogP contribution in [0.1, 0.15) is 44.4 Å². The number of hydrogen-bond acceptors (Lipinski definition) is 2. The van der Waals surface area contributed by atoms with E-state index in [9.17, 15) is 4.79 Å². The predicted molar refractivity (Wildman–Crippen MR) is 78.0 cm³/mol. The highest BCUT2D eigenvalue weighted by atomic mass is 16.1. The molecule has 0 heterocycles. The van der Waals surface area contributed by atoms with Crippen LogP contribution >= 0.6 is 0 Å². The second-order valence-corrected chi connectivity index (χ2v) is 6.03. The van der Waals surface area contributed by atoms with Gasteiger partial charge in [-0.15, -0.1) is 0 Å². The fraction of sp³-hybridized carbons (Fsp3) is 0.562. The number of carbonyl (C=O) groups is 1. The molecule has 1 aromatic rings. The molecule has 0 saturated heterocycles. The molecule has 1 aliphatic rings. The average Bonchev–Trinajstić information content (AvgIpc) is 2.63. The highest BCUT2D eigenvalue weighted by Gasteiger charge is 2.38. The molecule has 1 atom stereocenters. The third-order valence-corrected chi connectivity index (χ3v) is 3.83. The number of hydrogen-bond donors (Lipinski definition) is 2. The summed E-state index contributed by atoms with van der Waals surface area (Å²) < 4.78 is 0. The Morgan fingerprint density at radius 2 is 2.11 bits per heavy atom. The van der Waals surface area contributed by atoms with Gasteiger partial charge in [-0.3, -0.25) is 4.79 Å². The van der Waals surface area contributed by atoms with Gasteiger partial charge in [-0.25, -0.2) is 0 Å². The van der Waals surface area contributed by atoms with Crippen LogP contribution in [0.15, 0.2) is 24.3 Å². The average molecular weight is 260 g/mol. The summed E-state index contributed by atoms with van der Waals surface area (Å²) in [5.74, 6) is 0.0852. The van der Waals surface area contributed by atoms with E-state index in [1.807, 2.05) is 0 Å². The highest BCUT2D eigenvalue weighted by molar-refractivity contribution is 5.78. The van der Waals surface area contributed by atoms with Crippen LogP contribution in [0, 0.1) is 5.41 Å². The van der Waals surface area contributed by atoms with Crippen molar-refractivity contribution < 1.29 is 4.79 Å². The van der Waals surface area contributed by atoms with Crippen LogP contribution in [0.25, 0.3) is 0 Å². The molecule has 0 bridgehead atoms. The van der Waals surface area contributed by atoms with Crippen molar-refractivity contribution in [3.8, 4) is 0 Å². The summed E-state index contributed by atoms with van der Waals surface area (Å²) in [7, 11) is 0. The van der Waals surface area contributed by atoms with E-state index in [2.05, 4.69) is 55.7 Å². The van der Waals surface area contributed by atoms with Crippen molar-refractivity contribution in [3.63, 3.8) is 0 Å². The van der Waals surface area contributed by atoms with Crippen molar-refractivity contribution in [2.24, 2.45) is 5.41 Å². The molecule has 104 valence electrons. The van der Waals surface area contributed by atoms with Gasteiger partial charge in [0.25, 0.3) is 0 Å². The monoisotopic (exact) mass is 260 g/mol. The molecule has 0 fully saturated rings. The molecule has 1 aromatic carbocycles. The lowest BCUT2D eigenvalue weighted by atomic mass is 9.85. The van der Waals surface area contributed by atoms with Crippen LogP contribution in [-0.4, -0.2) is 19.0 Å². The van der Waals surface area contributed by atoms with Gasteiger partial charge in [0.2, 0.25) is 5.91 Å². The topological polar surface area (TPSA) is 41.1 Å². The van der Waals surface area contributed by atoms with Crippen molar-refractivity contribution in [1.82, 2.24) is 10.6 Å². The van der Waals surface area contributed by atoms with Crippen molar-refractivity contribution in [2.45, 2.75) is 39.7 Å². The first-order chi connectivity index (χ1) is 9.04. The molecule has 19 heavy (non-hydrogen) atoms. The van der Waals surface area contributed by atoms with Crippen molar-refractivity contribution in [3.05, 3.63) is 35.4 Å². The molecule has 2 N–H and O–H groups in total. The van der Waals surface area contributed by atoms with Gasteiger partial charge in [0, 0.05) is 12.6 Å². The minimum atomic E-state index is 0.0852. The first-order valence-electron chi connectivity index (χ1n) is 7.12. The molecule has 2 rings (SSSR count). The SMILES string of the molecule is CCCNC(=O)CNC1c2ccccc2CC1(C)C. The van der Waals surface area contributed by atoms with Crippen LogP contribution in [-0.2, 0) is 11.2 Å². The summed E-state index contributed by atoms with van der Waals surface area (Å²) in [4.78, 5) is 11.7. The zero-order valence-electron chi connectivity index (χ0n) is 12.1. The molecule has 1 unspecified atom stereocenters. The first kappa shape index (κ1) is 14.1. The normalized spacial score (nSPS) is 20.1. The molecular formula is C16H24N2O. The lowest BCUT2D eigenvalue weighted by Crippen LogP contribution is -2.39. The van der Waals surface area contributed by atoms with E-state index in [1.54, 1.807) is 0 Å². The minimum absolute atomic E-state index is 0.0852. The van der Waals surface area contributed by atoms with Gasteiger partial charge in [0.15, 0.2) is 0 Å². The quantitative estimate of drug-likeness (QED) is 0.853. The number of nitrogens with one attached hydrogen (secondary N) is 2. The number of rotatable bonds is 5. The molecule has 1 aliphatic carbocycles. The maximum atomic E-state index is 11.7. The molecular weight excluding hydrogens is 236 g/mol. The lowest BCUT2D eigenvalue weighted by molar-refractivity contribution is -0.120. The smallest absolute Gasteiger partial charge is 0.233 e. The van der Waals surface area contributed by atoms with Gasteiger partial charge < -0.3 is 10.6 Å². The fourth-order valence-electron chi connectivity index (χ4n) is 2.90. The van der Waals surface area contributed by atoms with Gasteiger partial charge in [0.1, 0.15) is 0 Å². The molecule has 0 radical (unpaired) electrons. The van der Waals surface area contributed by atoms with Gasteiger partial charge in [0.05, 0.1) is 6.54 Å². The maximum Gasteiger partial charge on any atom is 0.233 e. The van der Waals surface area contributed by atoms with Crippen LogP contribution in [0.3, 0.4) is 0 Å². The Balaban J connectivity index is 2.01. The second kappa shape index (κ2) is 5.74. The maximum absolute atomic E-state index is 11.7. The van der Waals surface area contributed by atoms with E-state index < -0.39 is 0 Å². The Hall–Kier alpha value is -1.35. The molecule has 0 saturated carbocycles. The molecule has 3 heteroatoms. The largest absolute Gasteiger partial charge is 0.355 e. The highest BCUT2D eigenvalue weighted by Crippen LogP contribution is 2.44. The van der Waals surface area contributed by atoms with E-state index in [-0.39, 0.29) is 17.4 Å². The van der Waals surface area contributed by atoms with E-state index >= 15 is 0 Å². The summed E-state index contributed by atoms with van der Waals surface area (Å²) >= 11 is 0. The zero-order valence-corrected chi connectivity index (χ0v) is 12.1. The van der Waals surface area contributed by atoms with Gasteiger partial charge in [-0.2, -0.15) is 0 Å². The summed E-state index contributed by atoms with van der Waals surface area (Å²) in [5, 5.41) is 6.33. The van der Waals surface area contributed by atoms with Gasteiger partial charge in [-0.1, -0.05) is 45.0 Å². The number of benzene rings is 1. The van der Waals surface area contributed by atoms with Gasteiger partial charge >= 0.3 is 0 Å². The van der Waals surface area contributed by atoms with Crippen LogP contribution in [0.2, 0.25) is 0 Å². The first-order valence-corrected chi connectivity index (χ1v) is 7.12. The van der Waals surface area contributed by atoms with Crippen molar-refractivity contribution in [1.29, 1.82) is 0 Å². The van der Waals surface area contributed by atoms with Gasteiger partial charge in [-0.05, 0) is 29.4 Å². The second-order valence-electron chi connectivity index (χ2n) is 6.03. The number of carbonyl (C=O) groups excluding carboxylic acids is 1. The third-order valence-electron chi connectivity index (χ3n) is 3.83. The minimum Gasteiger partial charge on any atom is -0.355 e. The molecule has 3 nitrogen and oxygen atoms in total. The molecule has 0 aromatic heterocycles. The van der Waals surface area contributed by atoms with Crippen LogP contribution in [0.5, 0.6) is 0 Å². The van der Waals surface area contributed by atoms with Crippen LogP contribution < -0.4 is 10.6 Å². The standard InChI is InChI=1S/C16H24N2O/c1-4-9-17-14(19)11-18-15-13-8-6-5-7-12(13)10-16(15,2)3/h5-8,15,18H,4,9-11H2,1-3H3,(H,17,19). The molecule has 0 spiro atoms. The summed E-state index contributed by atoms with van der Waals surface area (Å²) in [6.07, 6.45) is 2.04. The van der Waals surface area contributed by atoms with Crippen molar-refractivity contribution in [2.75, 3.05) is 13.1 Å².